The normalized spacial score (nSPS) is 15.5. The minimum absolute atomic E-state index is 0.0106. The summed E-state index contributed by atoms with van der Waals surface area (Å²) in [6, 6.07) is 18.8. The standard InChI is InChI=1S/C29H27N3O5/c1-17-22(10-11-25-28(17)30-31-32(25)2)23(15-26(33)34)20-9-8-19-12-21(29(36)24(19)13-20)14-27(35)37-16-18-6-4-3-5-7-18/h3-11,13,21,23H,12,14-16H2,1-2H3,(H,33,34). The molecule has 0 aliphatic heterocycles. The van der Waals surface area contributed by atoms with Gasteiger partial charge in [0.15, 0.2) is 5.78 Å². The Morgan fingerprint density at radius 3 is 2.68 bits per heavy atom. The summed E-state index contributed by atoms with van der Waals surface area (Å²) in [7, 11) is 1.81. The molecule has 8 nitrogen and oxygen atoms in total. The van der Waals surface area contributed by atoms with Crippen molar-refractivity contribution in [2.45, 2.75) is 38.7 Å². The molecular formula is C29H27N3O5. The second-order valence-electron chi connectivity index (χ2n) is 9.54. The third-order valence-electron chi connectivity index (χ3n) is 7.13. The van der Waals surface area contributed by atoms with Crippen LogP contribution in [0.5, 0.6) is 0 Å². The predicted octanol–water partition coefficient (Wildman–Crippen LogP) is 4.37. The van der Waals surface area contributed by atoms with E-state index in [1.807, 2.05) is 68.6 Å². The maximum atomic E-state index is 13.2. The molecule has 1 aliphatic rings. The van der Waals surface area contributed by atoms with Crippen LogP contribution in [0, 0.1) is 12.8 Å². The molecule has 188 valence electrons. The summed E-state index contributed by atoms with van der Waals surface area (Å²) in [6.45, 7) is 2.08. The lowest BCUT2D eigenvalue weighted by Gasteiger charge is -2.19. The van der Waals surface area contributed by atoms with Gasteiger partial charge in [0.05, 0.1) is 18.4 Å². The highest BCUT2D eigenvalue weighted by atomic mass is 16.5. The molecule has 1 heterocycles. The van der Waals surface area contributed by atoms with Gasteiger partial charge >= 0.3 is 11.9 Å². The van der Waals surface area contributed by atoms with Crippen LogP contribution in [-0.4, -0.2) is 37.8 Å². The van der Waals surface area contributed by atoms with Crippen molar-refractivity contribution < 1.29 is 24.2 Å². The summed E-state index contributed by atoms with van der Waals surface area (Å²) in [6.07, 6.45) is 0.342. The summed E-state index contributed by atoms with van der Waals surface area (Å²) in [5, 5.41) is 18.0. The molecule has 0 fully saturated rings. The molecule has 5 rings (SSSR count). The fourth-order valence-electron chi connectivity index (χ4n) is 5.17. The number of benzene rings is 3. The number of hydrogen-bond donors (Lipinski definition) is 1. The van der Waals surface area contributed by atoms with Crippen LogP contribution in [0.4, 0.5) is 0 Å². The number of aliphatic carboxylic acids is 1. The van der Waals surface area contributed by atoms with Crippen LogP contribution in [0.2, 0.25) is 0 Å². The largest absolute Gasteiger partial charge is 0.481 e. The fraction of sp³-hybridized carbons (Fsp3) is 0.276. The van der Waals surface area contributed by atoms with E-state index in [0.717, 1.165) is 38.9 Å². The molecule has 2 unspecified atom stereocenters. The summed E-state index contributed by atoms with van der Waals surface area (Å²) >= 11 is 0. The van der Waals surface area contributed by atoms with Crippen LogP contribution in [0.3, 0.4) is 0 Å². The van der Waals surface area contributed by atoms with E-state index in [1.165, 1.54) is 0 Å². The first kappa shape index (κ1) is 24.4. The van der Waals surface area contributed by atoms with Gasteiger partial charge < -0.3 is 9.84 Å². The molecule has 0 spiro atoms. The number of hydrogen-bond acceptors (Lipinski definition) is 6. The van der Waals surface area contributed by atoms with Gasteiger partial charge in [-0.2, -0.15) is 0 Å². The summed E-state index contributed by atoms with van der Waals surface area (Å²) in [5.74, 6) is -2.40. The van der Waals surface area contributed by atoms with Gasteiger partial charge in [0.1, 0.15) is 12.1 Å². The molecule has 3 aromatic carbocycles. The van der Waals surface area contributed by atoms with Crippen LogP contribution >= 0.6 is 0 Å². The van der Waals surface area contributed by atoms with Crippen molar-refractivity contribution >= 4 is 28.8 Å². The highest BCUT2D eigenvalue weighted by Crippen LogP contribution is 2.37. The van der Waals surface area contributed by atoms with Gasteiger partial charge in [-0.05, 0) is 53.3 Å². The Bertz CT molecular complexity index is 1510. The van der Waals surface area contributed by atoms with Gasteiger partial charge in [-0.1, -0.05) is 53.7 Å². The zero-order chi connectivity index (χ0) is 26.1. The molecule has 37 heavy (non-hydrogen) atoms. The Morgan fingerprint density at radius 1 is 1.14 bits per heavy atom. The first-order valence-corrected chi connectivity index (χ1v) is 12.2. The van der Waals surface area contributed by atoms with Gasteiger partial charge in [0.25, 0.3) is 0 Å². The quantitative estimate of drug-likeness (QED) is 0.360. The number of Topliss-reactive ketones (excluding diaryl/α,β-unsaturated/α-hetero) is 1. The van der Waals surface area contributed by atoms with E-state index in [0.29, 0.717) is 12.0 Å². The smallest absolute Gasteiger partial charge is 0.306 e. The number of fused-ring (bicyclic) bond motifs is 2. The minimum atomic E-state index is -0.936. The Balaban J connectivity index is 1.37. The minimum Gasteiger partial charge on any atom is -0.481 e. The van der Waals surface area contributed by atoms with Gasteiger partial charge in [-0.3, -0.25) is 14.4 Å². The number of aryl methyl sites for hydroxylation is 2. The first-order valence-electron chi connectivity index (χ1n) is 12.2. The van der Waals surface area contributed by atoms with E-state index in [1.54, 1.807) is 10.7 Å². The Morgan fingerprint density at radius 2 is 1.92 bits per heavy atom. The number of rotatable bonds is 8. The zero-order valence-electron chi connectivity index (χ0n) is 20.7. The van der Waals surface area contributed by atoms with Crippen LogP contribution in [0.1, 0.15) is 56.9 Å². The van der Waals surface area contributed by atoms with Crippen molar-refractivity contribution in [3.05, 3.63) is 94.0 Å². The van der Waals surface area contributed by atoms with Crippen molar-refractivity contribution in [2.75, 3.05) is 0 Å². The van der Waals surface area contributed by atoms with Crippen LogP contribution in [0.15, 0.2) is 60.7 Å². The van der Waals surface area contributed by atoms with Crippen LogP contribution in [0.25, 0.3) is 11.0 Å². The summed E-state index contributed by atoms with van der Waals surface area (Å²) < 4.78 is 7.06. The lowest BCUT2D eigenvalue weighted by atomic mass is 9.84. The lowest BCUT2D eigenvalue weighted by Crippen LogP contribution is -2.16. The van der Waals surface area contributed by atoms with E-state index in [2.05, 4.69) is 10.3 Å². The highest BCUT2D eigenvalue weighted by molar-refractivity contribution is 6.03. The second-order valence-corrected chi connectivity index (χ2v) is 9.54. The van der Waals surface area contributed by atoms with E-state index >= 15 is 0 Å². The van der Waals surface area contributed by atoms with Crippen molar-refractivity contribution in [3.8, 4) is 0 Å². The number of nitrogens with zero attached hydrogens (tertiary/aromatic N) is 3. The van der Waals surface area contributed by atoms with Crippen molar-refractivity contribution in [1.82, 2.24) is 15.0 Å². The van der Waals surface area contributed by atoms with E-state index in [-0.39, 0.29) is 25.2 Å². The molecule has 1 N–H and O–H groups in total. The molecular weight excluding hydrogens is 470 g/mol. The van der Waals surface area contributed by atoms with Gasteiger partial charge in [-0.15, -0.1) is 5.10 Å². The molecule has 1 aromatic heterocycles. The van der Waals surface area contributed by atoms with Crippen molar-refractivity contribution in [3.63, 3.8) is 0 Å². The third kappa shape index (κ3) is 4.87. The average Bonchev–Trinajstić information content (AvgIpc) is 3.42. The number of aromatic nitrogens is 3. The highest BCUT2D eigenvalue weighted by Gasteiger charge is 2.34. The third-order valence-corrected chi connectivity index (χ3v) is 7.13. The van der Waals surface area contributed by atoms with E-state index in [9.17, 15) is 19.5 Å². The molecule has 0 saturated heterocycles. The van der Waals surface area contributed by atoms with Crippen LogP contribution < -0.4 is 0 Å². The Hall–Kier alpha value is -4.33. The predicted molar refractivity (Wildman–Crippen MR) is 136 cm³/mol. The van der Waals surface area contributed by atoms with Crippen LogP contribution in [-0.2, 0) is 34.4 Å². The number of ether oxygens (including phenoxy) is 1. The fourth-order valence-corrected chi connectivity index (χ4v) is 5.17. The number of esters is 1. The van der Waals surface area contributed by atoms with Crippen molar-refractivity contribution in [2.24, 2.45) is 13.0 Å². The maximum Gasteiger partial charge on any atom is 0.306 e. The number of carbonyl (C=O) groups excluding carboxylic acids is 2. The summed E-state index contributed by atoms with van der Waals surface area (Å²) in [5.41, 5.74) is 6.33. The summed E-state index contributed by atoms with van der Waals surface area (Å²) in [4.78, 5) is 37.5. The number of carboxylic acid groups (broad SMARTS) is 1. The van der Waals surface area contributed by atoms with Gasteiger partial charge in [-0.25, -0.2) is 4.68 Å². The number of carboxylic acids is 1. The first-order chi connectivity index (χ1) is 17.8. The molecule has 8 heteroatoms. The Kier molecular flexibility index (Phi) is 6.56. The number of ketones is 1. The molecule has 0 amide bonds. The molecule has 0 radical (unpaired) electrons. The topological polar surface area (TPSA) is 111 Å². The molecule has 0 saturated carbocycles. The molecule has 0 bridgehead atoms. The Labute approximate surface area is 213 Å². The SMILES string of the molecule is Cc1c(C(CC(=O)O)c2ccc3c(c2)C(=O)C(CC(=O)OCc2ccccc2)C3)ccc2c1nnn2C. The second kappa shape index (κ2) is 9.97. The average molecular weight is 498 g/mol. The molecule has 1 aliphatic carbocycles. The van der Waals surface area contributed by atoms with Gasteiger partial charge in [0, 0.05) is 24.4 Å². The lowest BCUT2D eigenvalue weighted by molar-refractivity contribution is -0.145. The van der Waals surface area contributed by atoms with E-state index < -0.39 is 23.8 Å². The molecule has 2 atom stereocenters. The molecule has 4 aromatic rings. The van der Waals surface area contributed by atoms with E-state index in [4.69, 9.17) is 4.74 Å². The maximum absolute atomic E-state index is 13.2. The zero-order valence-corrected chi connectivity index (χ0v) is 20.7. The van der Waals surface area contributed by atoms with Gasteiger partial charge in [0.2, 0.25) is 0 Å². The van der Waals surface area contributed by atoms with Crippen molar-refractivity contribution in [1.29, 1.82) is 0 Å². The monoisotopic (exact) mass is 497 g/mol. The number of carbonyl (C=O) groups is 3.